The third kappa shape index (κ3) is 3.26. The molecule has 0 aliphatic heterocycles. The van der Waals surface area contributed by atoms with Gasteiger partial charge in [0, 0.05) is 17.7 Å². The van der Waals surface area contributed by atoms with Gasteiger partial charge in [-0.05, 0) is 24.1 Å². The van der Waals surface area contributed by atoms with Crippen molar-refractivity contribution < 1.29 is 9.53 Å². The van der Waals surface area contributed by atoms with Crippen molar-refractivity contribution in [3.8, 4) is 5.75 Å². The van der Waals surface area contributed by atoms with Crippen LogP contribution in [0.15, 0.2) is 18.2 Å². The highest BCUT2D eigenvalue weighted by molar-refractivity contribution is 6.00. The van der Waals surface area contributed by atoms with E-state index in [1.54, 1.807) is 18.2 Å². The topological polar surface area (TPSA) is 52.3 Å². The molecule has 0 saturated heterocycles. The summed E-state index contributed by atoms with van der Waals surface area (Å²) in [4.78, 5) is 11.6. The van der Waals surface area contributed by atoms with E-state index in [9.17, 15) is 4.79 Å². The van der Waals surface area contributed by atoms with Gasteiger partial charge in [-0.25, -0.2) is 0 Å². The van der Waals surface area contributed by atoms with E-state index < -0.39 is 0 Å². The van der Waals surface area contributed by atoms with Gasteiger partial charge in [0.2, 0.25) is 0 Å². The Bertz CT molecular complexity index is 372. The Balaban J connectivity index is 2.85. The van der Waals surface area contributed by atoms with Gasteiger partial charge in [0.15, 0.2) is 5.78 Å². The molecule has 0 saturated carbocycles. The number of carbonyl (C=O) groups is 1. The highest BCUT2D eigenvalue weighted by Gasteiger charge is 2.09. The molecule has 0 amide bonds. The molecule has 2 N–H and O–H groups in total. The predicted molar refractivity (Wildman–Crippen MR) is 65.8 cm³/mol. The Kier molecular flexibility index (Phi) is 4.35. The SMILES string of the molecule is CCC(=O)c1cc(OCC(C)C)ccc1N. The van der Waals surface area contributed by atoms with Gasteiger partial charge in [-0.15, -0.1) is 0 Å². The average Bonchev–Trinajstić information content (AvgIpc) is 2.27. The largest absolute Gasteiger partial charge is 0.493 e. The van der Waals surface area contributed by atoms with Crippen LogP contribution in [0.4, 0.5) is 5.69 Å². The lowest BCUT2D eigenvalue weighted by Gasteiger charge is -2.10. The highest BCUT2D eigenvalue weighted by Crippen LogP contribution is 2.21. The minimum Gasteiger partial charge on any atom is -0.493 e. The number of nitrogen functional groups attached to an aromatic ring is 1. The monoisotopic (exact) mass is 221 g/mol. The number of hydrogen-bond donors (Lipinski definition) is 1. The van der Waals surface area contributed by atoms with Crippen LogP contribution in [0, 0.1) is 5.92 Å². The third-order valence-corrected chi connectivity index (χ3v) is 2.23. The molecular weight excluding hydrogens is 202 g/mol. The van der Waals surface area contributed by atoms with E-state index in [2.05, 4.69) is 13.8 Å². The van der Waals surface area contributed by atoms with Gasteiger partial charge >= 0.3 is 0 Å². The van der Waals surface area contributed by atoms with Crippen molar-refractivity contribution in [2.45, 2.75) is 27.2 Å². The maximum atomic E-state index is 11.6. The number of hydrogen-bond acceptors (Lipinski definition) is 3. The average molecular weight is 221 g/mol. The summed E-state index contributed by atoms with van der Waals surface area (Å²) in [6.07, 6.45) is 0.456. The number of carbonyl (C=O) groups excluding carboxylic acids is 1. The second-order valence-corrected chi connectivity index (χ2v) is 4.23. The smallest absolute Gasteiger partial charge is 0.164 e. The highest BCUT2D eigenvalue weighted by atomic mass is 16.5. The van der Waals surface area contributed by atoms with Crippen LogP contribution in [0.5, 0.6) is 5.75 Å². The number of rotatable bonds is 5. The summed E-state index contributed by atoms with van der Waals surface area (Å²) < 4.78 is 5.55. The Morgan fingerprint density at radius 1 is 1.44 bits per heavy atom. The fraction of sp³-hybridized carbons (Fsp3) is 0.462. The van der Waals surface area contributed by atoms with Crippen LogP contribution in [0.2, 0.25) is 0 Å². The van der Waals surface area contributed by atoms with E-state index in [4.69, 9.17) is 10.5 Å². The Morgan fingerprint density at radius 2 is 2.12 bits per heavy atom. The first-order valence-electron chi connectivity index (χ1n) is 5.60. The van der Waals surface area contributed by atoms with Crippen LogP contribution in [-0.4, -0.2) is 12.4 Å². The fourth-order valence-corrected chi connectivity index (χ4v) is 1.32. The van der Waals surface area contributed by atoms with Crippen molar-refractivity contribution in [1.29, 1.82) is 0 Å². The van der Waals surface area contributed by atoms with E-state index in [0.29, 0.717) is 35.9 Å². The molecular formula is C13H19NO2. The summed E-state index contributed by atoms with van der Waals surface area (Å²) in [7, 11) is 0. The molecule has 0 fully saturated rings. The molecule has 0 heterocycles. The summed E-state index contributed by atoms with van der Waals surface area (Å²) in [5.74, 6) is 1.22. The van der Waals surface area contributed by atoms with Gasteiger partial charge in [0.05, 0.1) is 6.61 Å². The molecule has 0 spiro atoms. The molecule has 0 bridgehead atoms. The van der Waals surface area contributed by atoms with Crippen LogP contribution < -0.4 is 10.5 Å². The Hall–Kier alpha value is -1.51. The number of Topliss-reactive ketones (excluding diaryl/α,β-unsaturated/α-hetero) is 1. The van der Waals surface area contributed by atoms with Crippen molar-refractivity contribution >= 4 is 11.5 Å². The lowest BCUT2D eigenvalue weighted by Crippen LogP contribution is -2.07. The van der Waals surface area contributed by atoms with Crippen LogP contribution >= 0.6 is 0 Å². The number of ketones is 1. The number of nitrogens with two attached hydrogens (primary N) is 1. The quantitative estimate of drug-likeness (QED) is 0.614. The van der Waals surface area contributed by atoms with E-state index >= 15 is 0 Å². The normalized spacial score (nSPS) is 10.5. The van der Waals surface area contributed by atoms with Gasteiger partial charge < -0.3 is 10.5 Å². The maximum absolute atomic E-state index is 11.6. The maximum Gasteiger partial charge on any atom is 0.164 e. The molecule has 0 unspecified atom stereocenters. The second-order valence-electron chi connectivity index (χ2n) is 4.23. The summed E-state index contributed by atoms with van der Waals surface area (Å²) in [6, 6.07) is 5.24. The molecule has 0 aromatic heterocycles. The van der Waals surface area contributed by atoms with E-state index in [-0.39, 0.29) is 5.78 Å². The summed E-state index contributed by atoms with van der Waals surface area (Å²) >= 11 is 0. The summed E-state index contributed by atoms with van der Waals surface area (Å²) in [5.41, 5.74) is 6.82. The zero-order valence-electron chi connectivity index (χ0n) is 10.1. The van der Waals surface area contributed by atoms with Gasteiger partial charge in [-0.2, -0.15) is 0 Å². The van der Waals surface area contributed by atoms with E-state index in [1.165, 1.54) is 0 Å². The molecule has 1 rings (SSSR count). The van der Waals surface area contributed by atoms with Crippen LogP contribution in [0.1, 0.15) is 37.6 Å². The first-order valence-corrected chi connectivity index (χ1v) is 5.60. The van der Waals surface area contributed by atoms with Crippen LogP contribution in [0.25, 0.3) is 0 Å². The number of benzene rings is 1. The van der Waals surface area contributed by atoms with Gasteiger partial charge in [-0.3, -0.25) is 4.79 Å². The minimum atomic E-state index is 0.0486. The molecule has 0 atom stereocenters. The summed E-state index contributed by atoms with van der Waals surface area (Å²) in [5, 5.41) is 0. The molecule has 0 radical (unpaired) electrons. The summed E-state index contributed by atoms with van der Waals surface area (Å²) in [6.45, 7) is 6.62. The Labute approximate surface area is 96.6 Å². The van der Waals surface area contributed by atoms with Crippen molar-refractivity contribution in [3.05, 3.63) is 23.8 Å². The van der Waals surface area contributed by atoms with Gasteiger partial charge in [0.25, 0.3) is 0 Å². The van der Waals surface area contributed by atoms with E-state index in [1.807, 2.05) is 6.92 Å². The lowest BCUT2D eigenvalue weighted by atomic mass is 10.1. The second kappa shape index (κ2) is 5.54. The standard InChI is InChI=1S/C13H19NO2/c1-4-13(15)11-7-10(5-6-12(11)14)16-8-9(2)3/h5-7,9H,4,8,14H2,1-3H3. The first-order chi connectivity index (χ1) is 7.54. The fourth-order valence-electron chi connectivity index (χ4n) is 1.32. The van der Waals surface area contributed by atoms with Crippen molar-refractivity contribution in [2.75, 3.05) is 12.3 Å². The molecule has 1 aromatic rings. The molecule has 1 aromatic carbocycles. The van der Waals surface area contributed by atoms with Crippen LogP contribution in [0.3, 0.4) is 0 Å². The van der Waals surface area contributed by atoms with Crippen molar-refractivity contribution in [1.82, 2.24) is 0 Å². The molecule has 3 heteroatoms. The first kappa shape index (κ1) is 12.6. The lowest BCUT2D eigenvalue weighted by molar-refractivity contribution is 0.0988. The number of anilines is 1. The molecule has 88 valence electrons. The zero-order chi connectivity index (χ0) is 12.1. The van der Waals surface area contributed by atoms with Gasteiger partial charge in [0.1, 0.15) is 5.75 Å². The van der Waals surface area contributed by atoms with Crippen molar-refractivity contribution in [2.24, 2.45) is 5.92 Å². The van der Waals surface area contributed by atoms with Crippen LogP contribution in [-0.2, 0) is 0 Å². The zero-order valence-corrected chi connectivity index (χ0v) is 10.1. The van der Waals surface area contributed by atoms with E-state index in [0.717, 1.165) is 0 Å². The predicted octanol–water partition coefficient (Wildman–Crippen LogP) is 2.90. The minimum absolute atomic E-state index is 0.0486. The Morgan fingerprint density at radius 3 is 2.69 bits per heavy atom. The molecule has 0 aliphatic carbocycles. The molecule has 16 heavy (non-hydrogen) atoms. The van der Waals surface area contributed by atoms with Crippen molar-refractivity contribution in [3.63, 3.8) is 0 Å². The van der Waals surface area contributed by atoms with Gasteiger partial charge in [-0.1, -0.05) is 20.8 Å². The third-order valence-electron chi connectivity index (χ3n) is 2.23. The molecule has 3 nitrogen and oxygen atoms in total. The number of ether oxygens (including phenoxy) is 1. The molecule has 0 aliphatic rings.